The van der Waals surface area contributed by atoms with Gasteiger partial charge in [-0.1, -0.05) is 32.0 Å². The fraction of sp³-hybridized carbons (Fsp3) is 0.565. The van der Waals surface area contributed by atoms with Gasteiger partial charge in [0, 0.05) is 49.9 Å². The zero-order valence-electron chi connectivity index (χ0n) is 18.7. The van der Waals surface area contributed by atoms with Gasteiger partial charge in [0.1, 0.15) is 5.75 Å². The van der Waals surface area contributed by atoms with Gasteiger partial charge in [-0.25, -0.2) is 0 Å². The molecule has 1 aliphatic rings. The van der Waals surface area contributed by atoms with Gasteiger partial charge in [-0.3, -0.25) is 9.67 Å². The summed E-state index contributed by atoms with van der Waals surface area (Å²) in [5.74, 6) is 2.31. The number of nitrogens with zero attached hydrogens (tertiary/aromatic N) is 4. The van der Waals surface area contributed by atoms with E-state index in [0.717, 1.165) is 49.9 Å². The normalized spacial score (nSPS) is 15.5. The van der Waals surface area contributed by atoms with Crippen LogP contribution in [-0.2, 0) is 19.0 Å². The van der Waals surface area contributed by atoms with Crippen LogP contribution in [-0.4, -0.2) is 47.9 Å². The number of nitrogens with one attached hydrogen (secondary N) is 1. The largest absolute Gasteiger partial charge is 0.496 e. The van der Waals surface area contributed by atoms with E-state index in [-0.39, 0.29) is 5.41 Å². The summed E-state index contributed by atoms with van der Waals surface area (Å²) in [4.78, 5) is 7.22. The summed E-state index contributed by atoms with van der Waals surface area (Å²) in [5.41, 5.74) is 3.79. The number of guanidine groups is 1. The van der Waals surface area contributed by atoms with Crippen molar-refractivity contribution in [1.29, 1.82) is 0 Å². The number of aryl methyl sites for hydroxylation is 1. The monoisotopic (exact) mass is 397 g/mol. The summed E-state index contributed by atoms with van der Waals surface area (Å²) >= 11 is 0. The Morgan fingerprint density at radius 2 is 2.07 bits per heavy atom. The standard InChI is InChI=1S/C23H35N5O/c1-7-24-22(27(4)14-18-15-28(5)26-21(18)17(2)3)25-16-23(12-13-23)19-10-8-9-11-20(19)29-6/h8-11,15,17H,7,12-14,16H2,1-6H3,(H,24,25). The molecule has 0 radical (unpaired) electrons. The van der Waals surface area contributed by atoms with E-state index in [4.69, 9.17) is 9.73 Å². The van der Waals surface area contributed by atoms with Gasteiger partial charge in [-0.05, 0) is 31.7 Å². The van der Waals surface area contributed by atoms with Crippen molar-refractivity contribution in [3.8, 4) is 5.75 Å². The highest BCUT2D eigenvalue weighted by Crippen LogP contribution is 2.51. The van der Waals surface area contributed by atoms with Crippen LogP contribution in [0, 0.1) is 0 Å². The first kappa shape index (κ1) is 21.2. The molecule has 1 aliphatic carbocycles. The summed E-state index contributed by atoms with van der Waals surface area (Å²) in [6.07, 6.45) is 4.42. The third kappa shape index (κ3) is 4.74. The van der Waals surface area contributed by atoms with Crippen molar-refractivity contribution in [1.82, 2.24) is 20.0 Å². The second-order valence-corrected chi connectivity index (χ2v) is 8.37. The van der Waals surface area contributed by atoms with Gasteiger partial charge < -0.3 is 15.0 Å². The van der Waals surface area contributed by atoms with Crippen molar-refractivity contribution in [3.05, 3.63) is 47.3 Å². The van der Waals surface area contributed by atoms with Crippen molar-refractivity contribution in [3.63, 3.8) is 0 Å². The minimum Gasteiger partial charge on any atom is -0.496 e. The lowest BCUT2D eigenvalue weighted by atomic mass is 9.95. The molecule has 6 heteroatoms. The molecule has 1 aromatic heterocycles. The lowest BCUT2D eigenvalue weighted by Crippen LogP contribution is -2.39. The molecule has 0 unspecified atom stereocenters. The molecule has 1 heterocycles. The van der Waals surface area contributed by atoms with Crippen molar-refractivity contribution < 1.29 is 4.74 Å². The Morgan fingerprint density at radius 1 is 1.34 bits per heavy atom. The van der Waals surface area contributed by atoms with E-state index >= 15 is 0 Å². The average Bonchev–Trinajstić information content (AvgIpc) is 3.40. The van der Waals surface area contributed by atoms with E-state index in [1.54, 1.807) is 7.11 Å². The van der Waals surface area contributed by atoms with Crippen molar-refractivity contribution in [2.24, 2.45) is 12.0 Å². The maximum Gasteiger partial charge on any atom is 0.193 e. The Labute approximate surface area is 175 Å². The number of rotatable bonds is 8. The van der Waals surface area contributed by atoms with Crippen LogP contribution >= 0.6 is 0 Å². The zero-order chi connectivity index (χ0) is 21.0. The van der Waals surface area contributed by atoms with Crippen molar-refractivity contribution in [2.75, 3.05) is 27.2 Å². The molecule has 1 fully saturated rings. The number of methoxy groups -OCH3 is 1. The van der Waals surface area contributed by atoms with Gasteiger partial charge in [0.05, 0.1) is 19.3 Å². The van der Waals surface area contributed by atoms with E-state index in [2.05, 4.69) is 61.5 Å². The molecule has 0 spiro atoms. The van der Waals surface area contributed by atoms with Gasteiger partial charge in [-0.2, -0.15) is 5.10 Å². The molecular weight excluding hydrogens is 362 g/mol. The van der Waals surface area contributed by atoms with Crippen molar-refractivity contribution in [2.45, 2.75) is 51.5 Å². The summed E-state index contributed by atoms with van der Waals surface area (Å²) in [6.45, 7) is 8.89. The van der Waals surface area contributed by atoms with Crippen LogP contribution in [0.25, 0.3) is 0 Å². The fourth-order valence-electron chi connectivity index (χ4n) is 3.94. The fourth-order valence-corrected chi connectivity index (χ4v) is 3.94. The highest BCUT2D eigenvalue weighted by Gasteiger charge is 2.46. The van der Waals surface area contributed by atoms with Crippen LogP contribution in [0.1, 0.15) is 56.4 Å². The molecule has 0 bridgehead atoms. The van der Waals surface area contributed by atoms with Crippen molar-refractivity contribution >= 4 is 5.96 Å². The van der Waals surface area contributed by atoms with E-state index in [0.29, 0.717) is 5.92 Å². The Hall–Kier alpha value is -2.50. The molecule has 1 N–H and O–H groups in total. The number of aliphatic imine (C=N–C) groups is 1. The summed E-state index contributed by atoms with van der Waals surface area (Å²) < 4.78 is 7.51. The average molecular weight is 398 g/mol. The number of aromatic nitrogens is 2. The third-order valence-electron chi connectivity index (χ3n) is 5.65. The van der Waals surface area contributed by atoms with E-state index in [9.17, 15) is 0 Å². The minimum atomic E-state index is 0.103. The lowest BCUT2D eigenvalue weighted by molar-refractivity contribution is 0.404. The zero-order valence-corrected chi connectivity index (χ0v) is 18.7. The van der Waals surface area contributed by atoms with E-state index in [1.807, 2.05) is 23.9 Å². The summed E-state index contributed by atoms with van der Waals surface area (Å²) in [6, 6.07) is 8.35. The van der Waals surface area contributed by atoms with Crippen LogP contribution in [0.15, 0.2) is 35.5 Å². The van der Waals surface area contributed by atoms with Gasteiger partial charge in [0.2, 0.25) is 0 Å². The molecular formula is C23H35N5O. The first-order chi connectivity index (χ1) is 13.9. The molecule has 158 valence electrons. The number of ether oxygens (including phenoxy) is 1. The highest BCUT2D eigenvalue weighted by molar-refractivity contribution is 5.79. The summed E-state index contributed by atoms with van der Waals surface area (Å²) in [7, 11) is 5.83. The Bertz CT molecular complexity index is 851. The highest BCUT2D eigenvalue weighted by atomic mass is 16.5. The van der Waals surface area contributed by atoms with Gasteiger partial charge in [-0.15, -0.1) is 0 Å². The van der Waals surface area contributed by atoms with Gasteiger partial charge in [0.25, 0.3) is 0 Å². The Morgan fingerprint density at radius 3 is 2.69 bits per heavy atom. The predicted octanol–water partition coefficient (Wildman–Crippen LogP) is 3.68. The SMILES string of the molecule is CCNC(=NCC1(c2ccccc2OC)CC1)N(C)Cc1cn(C)nc1C(C)C. The second-order valence-electron chi connectivity index (χ2n) is 8.37. The minimum absolute atomic E-state index is 0.103. The molecule has 3 rings (SSSR count). The van der Waals surface area contributed by atoms with Gasteiger partial charge >= 0.3 is 0 Å². The molecule has 2 aromatic rings. The quantitative estimate of drug-likeness (QED) is 0.545. The predicted molar refractivity (Wildman–Crippen MR) is 119 cm³/mol. The van der Waals surface area contributed by atoms with Crippen LogP contribution < -0.4 is 10.1 Å². The maximum absolute atomic E-state index is 5.61. The number of hydrogen-bond acceptors (Lipinski definition) is 3. The maximum atomic E-state index is 5.61. The van der Waals surface area contributed by atoms with E-state index in [1.165, 1.54) is 11.1 Å². The number of hydrogen-bond donors (Lipinski definition) is 1. The molecule has 0 atom stereocenters. The number of para-hydroxylation sites is 1. The molecule has 0 aliphatic heterocycles. The molecule has 1 saturated carbocycles. The van der Waals surface area contributed by atoms with Crippen LogP contribution in [0.2, 0.25) is 0 Å². The Balaban J connectivity index is 1.78. The molecule has 0 saturated heterocycles. The third-order valence-corrected chi connectivity index (χ3v) is 5.65. The lowest BCUT2D eigenvalue weighted by Gasteiger charge is -2.24. The molecule has 1 aromatic carbocycles. The molecule has 0 amide bonds. The summed E-state index contributed by atoms with van der Waals surface area (Å²) in [5, 5.41) is 8.09. The first-order valence-corrected chi connectivity index (χ1v) is 10.6. The van der Waals surface area contributed by atoms with E-state index < -0.39 is 0 Å². The first-order valence-electron chi connectivity index (χ1n) is 10.6. The topological polar surface area (TPSA) is 54.7 Å². The molecule has 6 nitrogen and oxygen atoms in total. The number of benzene rings is 1. The smallest absolute Gasteiger partial charge is 0.193 e. The van der Waals surface area contributed by atoms with Crippen LogP contribution in [0.4, 0.5) is 0 Å². The Kier molecular flexibility index (Phi) is 6.50. The van der Waals surface area contributed by atoms with Gasteiger partial charge in [0.15, 0.2) is 5.96 Å². The second kappa shape index (κ2) is 8.89. The van der Waals surface area contributed by atoms with Crippen LogP contribution in [0.5, 0.6) is 5.75 Å². The molecule has 29 heavy (non-hydrogen) atoms. The van der Waals surface area contributed by atoms with Crippen LogP contribution in [0.3, 0.4) is 0 Å².